The summed E-state index contributed by atoms with van der Waals surface area (Å²) >= 11 is 1.24. The molecule has 232 valence electrons. The van der Waals surface area contributed by atoms with E-state index in [0.717, 1.165) is 54.5 Å². The average molecular weight is 625 g/mol. The fourth-order valence-electron chi connectivity index (χ4n) is 6.67. The normalized spacial score (nSPS) is 20.5. The Bertz CT molecular complexity index is 1750. The molecule has 2 N–H and O–H groups in total. The van der Waals surface area contributed by atoms with Gasteiger partial charge in [-0.1, -0.05) is 12.5 Å². The quantitative estimate of drug-likeness (QED) is 0.226. The Labute approximate surface area is 266 Å². The van der Waals surface area contributed by atoms with Crippen LogP contribution in [0.15, 0.2) is 42.1 Å². The number of urea groups is 1. The maximum absolute atomic E-state index is 13.7. The number of nitrogens with zero attached hydrogens (tertiary/aromatic N) is 4. The predicted octanol–water partition coefficient (Wildman–Crippen LogP) is 6.58. The minimum Gasteiger partial charge on any atom is -0.490 e. The smallest absolute Gasteiger partial charge is 0.331 e. The van der Waals surface area contributed by atoms with E-state index >= 15 is 0 Å². The highest BCUT2D eigenvalue weighted by atomic mass is 32.1. The molecular formula is C34H36N6O4S. The van der Waals surface area contributed by atoms with Crippen LogP contribution in [0, 0.1) is 24.2 Å². The summed E-state index contributed by atoms with van der Waals surface area (Å²) in [5.74, 6) is 0.537. The van der Waals surface area contributed by atoms with Crippen molar-refractivity contribution in [1.82, 2.24) is 15.2 Å². The highest BCUT2D eigenvalue weighted by Crippen LogP contribution is 2.46. The molecule has 4 amide bonds. The Balaban J connectivity index is 1.11. The number of allylic oxidation sites excluding steroid dienone is 1. The molecule has 4 heterocycles. The number of aryl methyl sites for hydroxylation is 1. The number of pyridine rings is 1. The molecule has 10 nitrogen and oxygen atoms in total. The van der Waals surface area contributed by atoms with Crippen LogP contribution in [0.4, 0.5) is 21.9 Å². The number of piperidine rings is 1. The third kappa shape index (κ3) is 5.87. The van der Waals surface area contributed by atoms with Crippen LogP contribution in [0.3, 0.4) is 0 Å². The highest BCUT2D eigenvalue weighted by molar-refractivity contribution is 7.21. The number of rotatable bonds is 7. The number of carbonyl (C=O) groups excluding carboxylic acids is 3. The zero-order valence-corrected chi connectivity index (χ0v) is 26.1. The zero-order chi connectivity index (χ0) is 31.1. The molecule has 45 heavy (non-hydrogen) atoms. The number of anilines is 3. The molecule has 3 fully saturated rings. The van der Waals surface area contributed by atoms with Crippen molar-refractivity contribution in [3.63, 3.8) is 0 Å². The van der Waals surface area contributed by atoms with Gasteiger partial charge >= 0.3 is 6.03 Å². The number of benzene rings is 1. The number of likely N-dealkylation sites (tertiary alicyclic amines) is 1. The summed E-state index contributed by atoms with van der Waals surface area (Å²) in [6.45, 7) is 2.85. The van der Waals surface area contributed by atoms with Crippen LogP contribution >= 0.6 is 11.3 Å². The molecule has 4 aliphatic rings. The minimum absolute atomic E-state index is 0.186. The Kier molecular flexibility index (Phi) is 7.92. The summed E-state index contributed by atoms with van der Waals surface area (Å²) in [6.07, 6.45) is 12.9. The second-order valence-corrected chi connectivity index (χ2v) is 13.5. The van der Waals surface area contributed by atoms with Crippen molar-refractivity contribution in [3.05, 3.63) is 52.6 Å². The fraction of sp³-hybridized carbons (Fsp3) is 0.441. The van der Waals surface area contributed by atoms with Gasteiger partial charge in [0.15, 0.2) is 0 Å². The molecule has 0 spiro atoms. The van der Waals surface area contributed by atoms with Gasteiger partial charge in [0.25, 0.3) is 11.8 Å². The van der Waals surface area contributed by atoms with Crippen molar-refractivity contribution in [2.75, 3.05) is 23.3 Å². The molecule has 2 aromatic heterocycles. The molecular weight excluding hydrogens is 588 g/mol. The molecule has 2 saturated carbocycles. The summed E-state index contributed by atoms with van der Waals surface area (Å²) in [5.41, 5.74) is 2.95. The van der Waals surface area contributed by atoms with E-state index in [-0.39, 0.29) is 35.6 Å². The number of nitrogens with one attached hydrogen (secondary N) is 2. The molecule has 3 aromatic rings. The molecule has 0 unspecified atom stereocenters. The van der Waals surface area contributed by atoms with E-state index in [4.69, 9.17) is 4.74 Å². The molecule has 0 radical (unpaired) electrons. The maximum Gasteiger partial charge on any atom is 0.331 e. The van der Waals surface area contributed by atoms with Crippen LogP contribution in [0.1, 0.15) is 73.0 Å². The summed E-state index contributed by atoms with van der Waals surface area (Å²) in [6, 6.07) is 9.06. The first-order valence-electron chi connectivity index (χ1n) is 15.9. The van der Waals surface area contributed by atoms with Crippen LogP contribution < -0.4 is 20.3 Å². The molecule has 1 saturated heterocycles. The number of carbonyl (C=O) groups is 3. The van der Waals surface area contributed by atoms with Crippen molar-refractivity contribution in [1.29, 1.82) is 5.26 Å². The predicted molar refractivity (Wildman–Crippen MR) is 173 cm³/mol. The summed E-state index contributed by atoms with van der Waals surface area (Å²) in [5, 5.41) is 16.3. The Hall–Kier alpha value is -4.43. The lowest BCUT2D eigenvalue weighted by Gasteiger charge is -2.33. The third-order valence-corrected chi connectivity index (χ3v) is 10.2. The monoisotopic (exact) mass is 624 g/mol. The van der Waals surface area contributed by atoms with Gasteiger partial charge in [0.2, 0.25) is 0 Å². The Morgan fingerprint density at radius 1 is 1.11 bits per heavy atom. The first-order valence-corrected chi connectivity index (χ1v) is 16.7. The van der Waals surface area contributed by atoms with E-state index in [2.05, 4.69) is 21.7 Å². The lowest BCUT2D eigenvalue weighted by Crippen LogP contribution is -2.50. The maximum atomic E-state index is 13.7. The number of hydrogen-bond acceptors (Lipinski definition) is 7. The van der Waals surface area contributed by atoms with Gasteiger partial charge in [-0.2, -0.15) is 5.26 Å². The fourth-order valence-corrected chi connectivity index (χ4v) is 7.69. The highest BCUT2D eigenvalue weighted by Gasteiger charge is 2.35. The zero-order valence-electron chi connectivity index (χ0n) is 25.3. The average Bonchev–Trinajstić information content (AvgIpc) is 3.80. The standard InChI is InChI=1S/C34H36N6O4S/c1-20-16-25(44-24-7-3-2-4-8-24)11-12-26(20)40-27-13-14-36-32-28(27)29(38-34(40)43)30(45-32)31(41)37-23-6-5-15-39(19-23)33(42)22(18-35)17-21-9-10-21/h11-14,16-17,21,23-24H,2-10,15,19H2,1H3,(H,37,41)(H,38,43)/b22-17+/t23-/m1/s1. The third-order valence-electron chi connectivity index (χ3n) is 9.14. The van der Waals surface area contributed by atoms with Crippen molar-refractivity contribution in [2.45, 2.75) is 76.9 Å². The van der Waals surface area contributed by atoms with Crippen LogP contribution in [-0.2, 0) is 4.79 Å². The summed E-state index contributed by atoms with van der Waals surface area (Å²) in [4.78, 5) is 49.2. The topological polar surface area (TPSA) is 128 Å². The van der Waals surface area contributed by atoms with Gasteiger partial charge in [0, 0.05) is 25.3 Å². The van der Waals surface area contributed by atoms with Crippen molar-refractivity contribution >= 4 is 56.5 Å². The second-order valence-electron chi connectivity index (χ2n) is 12.5. The molecule has 11 heteroatoms. The number of amides is 4. The molecule has 0 bridgehead atoms. The Morgan fingerprint density at radius 2 is 1.93 bits per heavy atom. The lowest BCUT2D eigenvalue weighted by molar-refractivity contribution is -0.128. The van der Waals surface area contributed by atoms with Crippen molar-refractivity contribution in [3.8, 4) is 11.8 Å². The van der Waals surface area contributed by atoms with Gasteiger partial charge in [-0.25, -0.2) is 9.78 Å². The molecule has 7 rings (SSSR count). The Morgan fingerprint density at radius 3 is 2.69 bits per heavy atom. The second kappa shape index (κ2) is 12.2. The van der Waals surface area contributed by atoms with E-state index in [0.29, 0.717) is 46.5 Å². The van der Waals surface area contributed by atoms with E-state index in [1.165, 1.54) is 30.6 Å². The van der Waals surface area contributed by atoms with E-state index in [1.807, 2.05) is 25.1 Å². The number of thiophene rings is 1. The van der Waals surface area contributed by atoms with E-state index < -0.39 is 0 Å². The summed E-state index contributed by atoms with van der Waals surface area (Å²) in [7, 11) is 0. The lowest BCUT2D eigenvalue weighted by atomic mass is 9.98. The number of hydrogen-bond donors (Lipinski definition) is 2. The van der Waals surface area contributed by atoms with Crippen LogP contribution in [0.25, 0.3) is 10.2 Å². The van der Waals surface area contributed by atoms with Crippen LogP contribution in [0.2, 0.25) is 0 Å². The van der Waals surface area contributed by atoms with Gasteiger partial charge in [-0.3, -0.25) is 14.5 Å². The molecule has 1 aromatic carbocycles. The first-order chi connectivity index (χ1) is 21.9. The van der Waals surface area contributed by atoms with Gasteiger partial charge in [-0.05, 0) is 94.0 Å². The molecule has 1 atom stereocenters. The summed E-state index contributed by atoms with van der Waals surface area (Å²) < 4.78 is 6.26. The van der Waals surface area contributed by atoms with Gasteiger partial charge in [0.05, 0.1) is 28.6 Å². The van der Waals surface area contributed by atoms with Crippen LogP contribution in [-0.4, -0.2) is 53.0 Å². The van der Waals surface area contributed by atoms with Crippen molar-refractivity contribution < 1.29 is 19.1 Å². The van der Waals surface area contributed by atoms with E-state index in [1.54, 1.807) is 28.1 Å². The number of ether oxygens (including phenoxy) is 1. The largest absolute Gasteiger partial charge is 0.490 e. The van der Waals surface area contributed by atoms with Crippen LogP contribution in [0.5, 0.6) is 5.75 Å². The molecule has 2 aliphatic carbocycles. The minimum atomic E-state index is -0.354. The van der Waals surface area contributed by atoms with Gasteiger partial charge < -0.3 is 20.3 Å². The van der Waals surface area contributed by atoms with E-state index in [9.17, 15) is 19.6 Å². The van der Waals surface area contributed by atoms with Gasteiger partial charge in [0.1, 0.15) is 27.1 Å². The van der Waals surface area contributed by atoms with Crippen molar-refractivity contribution in [2.24, 2.45) is 5.92 Å². The number of nitriles is 1. The number of aromatic nitrogens is 1. The SMILES string of the molecule is Cc1cc(OC2CCCCC2)ccc1N1C(=O)Nc2c(C(=O)N[C@@H]3CCCN(C(=O)/C(C#N)=C/C4CC4)C3)sc3nccc1c23. The van der Waals surface area contributed by atoms with Gasteiger partial charge in [-0.15, -0.1) is 11.3 Å². The first kappa shape index (κ1) is 29.3. The molecule has 2 aliphatic heterocycles.